The average molecular weight is 572 g/mol. The highest BCUT2D eigenvalue weighted by atomic mass is 28.4. The lowest BCUT2D eigenvalue weighted by Gasteiger charge is -2.41. The average Bonchev–Trinajstić information content (AvgIpc) is 3.48. The van der Waals surface area contributed by atoms with Gasteiger partial charge >= 0.3 is 6.09 Å². The largest absolute Gasteiger partial charge is 0.465 e. The fraction of sp³-hybridized carbons (Fsp3) is 0.800. The molecule has 0 radical (unpaired) electrons. The van der Waals surface area contributed by atoms with Crippen LogP contribution in [0, 0.1) is 5.92 Å². The molecule has 6 N–H and O–H groups in total. The number of likely N-dealkylation sites (tertiary alicyclic amines) is 2. The summed E-state index contributed by atoms with van der Waals surface area (Å²) in [5, 5.41) is 23.8. The van der Waals surface area contributed by atoms with Crippen molar-refractivity contribution in [2.75, 3.05) is 19.6 Å². The number of nitrogens with two attached hydrogens (primary N) is 1. The van der Waals surface area contributed by atoms with E-state index in [0.29, 0.717) is 25.8 Å². The highest BCUT2D eigenvalue weighted by Crippen LogP contribution is 2.38. The molecule has 14 heteroatoms. The third kappa shape index (κ3) is 7.91. The number of amides is 5. The van der Waals surface area contributed by atoms with Gasteiger partial charge in [0.2, 0.25) is 23.6 Å². The zero-order valence-corrected chi connectivity index (χ0v) is 25.0. The van der Waals surface area contributed by atoms with Gasteiger partial charge in [-0.25, -0.2) is 4.79 Å². The molecular formula is C25H45N5O8Si. The van der Waals surface area contributed by atoms with Crippen LogP contribution in [0.3, 0.4) is 0 Å². The molecule has 0 bridgehead atoms. The first-order valence-electron chi connectivity index (χ1n) is 13.4. The van der Waals surface area contributed by atoms with Gasteiger partial charge in [0, 0.05) is 19.6 Å². The minimum atomic E-state index is -2.33. The number of primary amides is 1. The molecule has 0 saturated carbocycles. The Morgan fingerprint density at radius 3 is 2.15 bits per heavy atom. The first-order valence-corrected chi connectivity index (χ1v) is 16.3. The number of nitrogens with one attached hydrogen (secondary N) is 2. The Balaban J connectivity index is 2.13. The third-order valence-electron chi connectivity index (χ3n) is 8.08. The molecule has 0 aromatic rings. The zero-order valence-electron chi connectivity index (χ0n) is 24.0. The first kappa shape index (κ1) is 32.5. The quantitative estimate of drug-likeness (QED) is 0.230. The van der Waals surface area contributed by atoms with Crippen molar-refractivity contribution in [2.45, 2.75) is 102 Å². The maximum atomic E-state index is 13.6. The van der Waals surface area contributed by atoms with Crippen LogP contribution in [0.1, 0.15) is 53.9 Å². The van der Waals surface area contributed by atoms with E-state index in [1.807, 2.05) is 33.9 Å². The van der Waals surface area contributed by atoms with Crippen molar-refractivity contribution in [1.29, 1.82) is 0 Å². The second kappa shape index (κ2) is 12.6. The van der Waals surface area contributed by atoms with Crippen LogP contribution in [0.5, 0.6) is 0 Å². The topological polar surface area (TPSA) is 192 Å². The Labute approximate surface area is 230 Å². The smallest absolute Gasteiger partial charge is 0.405 e. The predicted octanol–water partition coefficient (Wildman–Crippen LogP) is 0.223. The second-order valence-electron chi connectivity index (χ2n) is 12.1. The number of rotatable bonds is 10. The molecule has 222 valence electrons. The molecule has 0 spiro atoms. The first-order chi connectivity index (χ1) is 17.9. The molecule has 13 nitrogen and oxygen atoms in total. The van der Waals surface area contributed by atoms with Crippen molar-refractivity contribution < 1.29 is 38.6 Å². The summed E-state index contributed by atoms with van der Waals surface area (Å²) < 4.78 is 6.32. The Morgan fingerprint density at radius 1 is 1.03 bits per heavy atom. The number of aliphatic hydroxyl groups is 1. The maximum absolute atomic E-state index is 13.6. The lowest BCUT2D eigenvalue weighted by Crippen LogP contribution is -2.59. The van der Waals surface area contributed by atoms with Crippen molar-refractivity contribution in [3.63, 3.8) is 0 Å². The van der Waals surface area contributed by atoms with E-state index in [1.54, 1.807) is 6.92 Å². The van der Waals surface area contributed by atoms with Crippen LogP contribution in [-0.4, -0.2) is 108 Å². The molecule has 5 amide bonds. The third-order valence-corrected chi connectivity index (χ3v) is 12.7. The Bertz CT molecular complexity index is 953. The molecule has 2 aliphatic heterocycles. The van der Waals surface area contributed by atoms with E-state index in [-0.39, 0.29) is 24.0 Å². The molecule has 0 aliphatic carbocycles. The number of carboxylic acid groups (broad SMARTS) is 1. The molecule has 39 heavy (non-hydrogen) atoms. The summed E-state index contributed by atoms with van der Waals surface area (Å²) >= 11 is 0. The maximum Gasteiger partial charge on any atom is 0.405 e. The van der Waals surface area contributed by atoms with E-state index in [1.165, 1.54) is 16.7 Å². The molecule has 6 atom stereocenters. The monoisotopic (exact) mass is 571 g/mol. The van der Waals surface area contributed by atoms with Crippen molar-refractivity contribution in [3.05, 3.63) is 0 Å². The Hall–Kier alpha value is -2.71. The second-order valence-corrected chi connectivity index (χ2v) is 16.9. The fourth-order valence-corrected chi connectivity index (χ4v) is 6.19. The number of carbonyl (C=O) groups excluding carboxylic acids is 4. The van der Waals surface area contributed by atoms with Crippen LogP contribution in [0.4, 0.5) is 4.79 Å². The van der Waals surface area contributed by atoms with Crippen LogP contribution < -0.4 is 16.4 Å². The minimum Gasteiger partial charge on any atom is -0.465 e. The van der Waals surface area contributed by atoms with E-state index in [2.05, 4.69) is 10.6 Å². The van der Waals surface area contributed by atoms with Gasteiger partial charge < -0.3 is 40.8 Å². The number of aliphatic hydroxyl groups excluding tert-OH is 1. The summed E-state index contributed by atoms with van der Waals surface area (Å²) in [6.45, 7) is 13.9. The SMILES string of the molecule is C[C@@H](O)[C@H](NC(=O)[C@H]1CCN(C(=O)[C@H]2CCCN2C(=O)[C@@H](NC(=O)O)[C@@H](C)O[Si](C)(C)C(C)(C)C)C1)C(N)=O. The van der Waals surface area contributed by atoms with Gasteiger partial charge in [-0.3, -0.25) is 19.2 Å². The van der Waals surface area contributed by atoms with Crippen molar-refractivity contribution in [3.8, 4) is 0 Å². The van der Waals surface area contributed by atoms with Gasteiger partial charge in [0.15, 0.2) is 8.32 Å². The molecule has 0 aromatic carbocycles. The van der Waals surface area contributed by atoms with Crippen LogP contribution >= 0.6 is 0 Å². The van der Waals surface area contributed by atoms with Gasteiger partial charge in [-0.15, -0.1) is 0 Å². The van der Waals surface area contributed by atoms with Gasteiger partial charge in [0.05, 0.1) is 18.1 Å². The summed E-state index contributed by atoms with van der Waals surface area (Å²) in [7, 11) is -2.33. The van der Waals surface area contributed by atoms with Crippen LogP contribution in [0.15, 0.2) is 0 Å². The summed E-state index contributed by atoms with van der Waals surface area (Å²) in [4.78, 5) is 65.8. The number of hydrogen-bond donors (Lipinski definition) is 5. The highest BCUT2D eigenvalue weighted by molar-refractivity contribution is 6.74. The van der Waals surface area contributed by atoms with Gasteiger partial charge in [-0.1, -0.05) is 20.8 Å². The standard InChI is InChI=1S/C25H45N5O8Si/c1-14(31)18(20(26)32)27-21(33)16-10-12-29(13-16)22(34)17-9-8-11-30(17)23(35)19(28-24(36)37)15(2)38-39(6,7)25(3,4)5/h14-19,28,31H,8-13H2,1-7H3,(H2,26,32)(H,27,33)(H,36,37)/t14-,15-,16+,17-,18+,19+/m1/s1. The van der Waals surface area contributed by atoms with Gasteiger partial charge in [-0.2, -0.15) is 0 Å². The summed E-state index contributed by atoms with van der Waals surface area (Å²) in [6.07, 6.45) is -1.94. The molecule has 0 unspecified atom stereocenters. The molecule has 2 heterocycles. The van der Waals surface area contributed by atoms with Crippen molar-refractivity contribution >= 4 is 38.0 Å². The fourth-order valence-electron chi connectivity index (χ4n) is 4.77. The van der Waals surface area contributed by atoms with Gasteiger partial charge in [-0.05, 0) is 51.2 Å². The Morgan fingerprint density at radius 2 is 1.64 bits per heavy atom. The lowest BCUT2D eigenvalue weighted by atomic mass is 10.1. The molecule has 2 aliphatic rings. The molecule has 0 aromatic heterocycles. The molecule has 2 rings (SSSR count). The van der Waals surface area contributed by atoms with E-state index < -0.39 is 68.4 Å². The number of hydrogen-bond acceptors (Lipinski definition) is 7. The zero-order chi connectivity index (χ0) is 29.9. The van der Waals surface area contributed by atoms with E-state index in [9.17, 15) is 34.2 Å². The van der Waals surface area contributed by atoms with Crippen molar-refractivity contribution in [2.24, 2.45) is 11.7 Å². The normalized spacial score (nSPS) is 23.1. The van der Waals surface area contributed by atoms with Gasteiger partial charge in [0.25, 0.3) is 0 Å². The molecule has 2 fully saturated rings. The highest BCUT2D eigenvalue weighted by Gasteiger charge is 2.45. The Kier molecular flexibility index (Phi) is 10.5. The minimum absolute atomic E-state index is 0.0934. The molecule has 2 saturated heterocycles. The summed E-state index contributed by atoms with van der Waals surface area (Å²) in [5.41, 5.74) is 5.25. The number of nitrogens with zero attached hydrogens (tertiary/aromatic N) is 2. The van der Waals surface area contributed by atoms with Crippen LogP contribution in [0.25, 0.3) is 0 Å². The molecular weight excluding hydrogens is 526 g/mol. The van der Waals surface area contributed by atoms with E-state index in [0.717, 1.165) is 0 Å². The van der Waals surface area contributed by atoms with Crippen LogP contribution in [0.2, 0.25) is 18.1 Å². The summed E-state index contributed by atoms with van der Waals surface area (Å²) in [6, 6.07) is -3.21. The van der Waals surface area contributed by atoms with Gasteiger partial charge in [0.1, 0.15) is 18.1 Å². The summed E-state index contributed by atoms with van der Waals surface area (Å²) in [5.74, 6) is -2.78. The number of carbonyl (C=O) groups is 5. The van der Waals surface area contributed by atoms with E-state index in [4.69, 9.17) is 10.2 Å². The van der Waals surface area contributed by atoms with E-state index >= 15 is 0 Å². The van der Waals surface area contributed by atoms with Crippen LogP contribution in [-0.2, 0) is 23.6 Å². The lowest BCUT2D eigenvalue weighted by molar-refractivity contribution is -0.145. The predicted molar refractivity (Wildman–Crippen MR) is 145 cm³/mol. The van der Waals surface area contributed by atoms with Crippen molar-refractivity contribution in [1.82, 2.24) is 20.4 Å².